The first-order valence-electron chi connectivity index (χ1n) is 6.31. The number of rotatable bonds is 1. The van der Waals surface area contributed by atoms with Crippen LogP contribution in [-0.2, 0) is 4.79 Å². The minimum absolute atomic E-state index is 0.0440. The molecular weight excluding hydrogens is 233 g/mol. The summed E-state index contributed by atoms with van der Waals surface area (Å²) in [6.45, 7) is 3.61. The maximum absolute atomic E-state index is 13.1. The van der Waals surface area contributed by atoms with E-state index in [1.807, 2.05) is 0 Å². The molecule has 18 heavy (non-hydrogen) atoms. The third-order valence-corrected chi connectivity index (χ3v) is 3.56. The maximum atomic E-state index is 13.1. The highest BCUT2D eigenvalue weighted by molar-refractivity contribution is 6.02. The molecule has 2 aliphatic heterocycles. The lowest BCUT2D eigenvalue weighted by Gasteiger charge is -2.25. The second-order valence-corrected chi connectivity index (χ2v) is 4.76. The molecule has 2 aliphatic rings. The molecule has 1 aromatic carbocycles. The van der Waals surface area contributed by atoms with Crippen molar-refractivity contribution in [3.05, 3.63) is 29.6 Å². The number of anilines is 1. The van der Waals surface area contributed by atoms with Crippen molar-refractivity contribution in [1.29, 1.82) is 0 Å². The van der Waals surface area contributed by atoms with E-state index in [-0.39, 0.29) is 17.8 Å². The van der Waals surface area contributed by atoms with E-state index in [1.165, 1.54) is 12.1 Å². The second kappa shape index (κ2) is 4.66. The van der Waals surface area contributed by atoms with E-state index in [2.05, 4.69) is 15.5 Å². The first kappa shape index (κ1) is 11.6. The molecule has 4 nitrogen and oxygen atoms in total. The summed E-state index contributed by atoms with van der Waals surface area (Å²) in [5, 5.41) is 6.08. The predicted molar refractivity (Wildman–Crippen MR) is 66.8 cm³/mol. The number of benzene rings is 1. The van der Waals surface area contributed by atoms with Crippen LogP contribution >= 0.6 is 0 Å². The lowest BCUT2D eigenvalue weighted by atomic mass is 10.1. The van der Waals surface area contributed by atoms with Gasteiger partial charge in [0.25, 0.3) is 0 Å². The average molecular weight is 249 g/mol. The quantitative estimate of drug-likeness (QED) is 0.783. The zero-order chi connectivity index (χ0) is 12.5. The Kier molecular flexibility index (Phi) is 3.01. The number of nitrogens with zero attached hydrogens (tertiary/aromatic N) is 1. The Morgan fingerprint density at radius 2 is 2.17 bits per heavy atom. The highest BCUT2D eigenvalue weighted by Gasteiger charge is 2.35. The molecule has 5 heteroatoms. The van der Waals surface area contributed by atoms with Crippen molar-refractivity contribution < 1.29 is 9.18 Å². The Balaban J connectivity index is 1.90. The van der Waals surface area contributed by atoms with Crippen molar-refractivity contribution in [2.75, 3.05) is 31.5 Å². The molecule has 3 rings (SSSR count). The molecule has 1 saturated heterocycles. The van der Waals surface area contributed by atoms with Crippen LogP contribution < -0.4 is 10.6 Å². The van der Waals surface area contributed by atoms with Crippen molar-refractivity contribution in [3.63, 3.8) is 0 Å². The minimum Gasteiger partial charge on any atom is -0.324 e. The Morgan fingerprint density at radius 1 is 1.28 bits per heavy atom. The minimum atomic E-state index is -0.313. The fourth-order valence-electron chi connectivity index (χ4n) is 2.70. The SMILES string of the molecule is O=C1Nc2cc(F)ccc2C1N1CCCNCC1. The molecule has 0 saturated carbocycles. The molecule has 0 radical (unpaired) electrons. The normalized spacial score (nSPS) is 24.5. The van der Waals surface area contributed by atoms with Gasteiger partial charge < -0.3 is 10.6 Å². The van der Waals surface area contributed by atoms with E-state index in [9.17, 15) is 9.18 Å². The fraction of sp³-hybridized carbons (Fsp3) is 0.462. The predicted octanol–water partition coefficient (Wildman–Crippen LogP) is 1.11. The van der Waals surface area contributed by atoms with Crippen LogP contribution in [0.2, 0.25) is 0 Å². The van der Waals surface area contributed by atoms with E-state index in [0.29, 0.717) is 5.69 Å². The Labute approximate surface area is 105 Å². The number of halogens is 1. The molecule has 0 bridgehead atoms. The van der Waals surface area contributed by atoms with Gasteiger partial charge in [0.05, 0.1) is 0 Å². The molecule has 96 valence electrons. The van der Waals surface area contributed by atoms with Crippen LogP contribution in [0.3, 0.4) is 0 Å². The molecule has 1 atom stereocenters. The van der Waals surface area contributed by atoms with Gasteiger partial charge in [0.15, 0.2) is 0 Å². The van der Waals surface area contributed by atoms with Crippen LogP contribution in [0.5, 0.6) is 0 Å². The van der Waals surface area contributed by atoms with Crippen molar-refractivity contribution in [2.45, 2.75) is 12.5 Å². The summed E-state index contributed by atoms with van der Waals surface area (Å²) in [6, 6.07) is 4.26. The van der Waals surface area contributed by atoms with Crippen LogP contribution in [-0.4, -0.2) is 37.0 Å². The largest absolute Gasteiger partial charge is 0.324 e. The zero-order valence-electron chi connectivity index (χ0n) is 10.1. The van der Waals surface area contributed by atoms with Gasteiger partial charge in [-0.05, 0) is 25.1 Å². The van der Waals surface area contributed by atoms with Gasteiger partial charge in [0, 0.05) is 30.9 Å². The monoisotopic (exact) mass is 249 g/mol. The van der Waals surface area contributed by atoms with Crippen LogP contribution in [0.25, 0.3) is 0 Å². The number of hydrogen-bond acceptors (Lipinski definition) is 3. The molecule has 0 aliphatic carbocycles. The van der Waals surface area contributed by atoms with Gasteiger partial charge in [-0.3, -0.25) is 9.69 Å². The smallest absolute Gasteiger partial charge is 0.246 e. The van der Waals surface area contributed by atoms with Crippen LogP contribution in [0.15, 0.2) is 18.2 Å². The molecule has 0 spiro atoms. The summed E-state index contributed by atoms with van der Waals surface area (Å²) in [6.07, 6.45) is 1.03. The molecule has 1 fully saturated rings. The number of carbonyl (C=O) groups is 1. The summed E-state index contributed by atoms with van der Waals surface area (Å²) in [5.41, 5.74) is 1.51. The van der Waals surface area contributed by atoms with Gasteiger partial charge >= 0.3 is 0 Å². The van der Waals surface area contributed by atoms with E-state index < -0.39 is 0 Å². The van der Waals surface area contributed by atoms with Gasteiger partial charge in [0.2, 0.25) is 5.91 Å². The van der Waals surface area contributed by atoms with E-state index in [4.69, 9.17) is 0 Å². The summed E-state index contributed by atoms with van der Waals surface area (Å²) in [5.74, 6) is -0.357. The molecule has 1 amide bonds. The van der Waals surface area contributed by atoms with Crippen molar-refractivity contribution in [2.24, 2.45) is 0 Å². The summed E-state index contributed by atoms with van der Waals surface area (Å²) in [4.78, 5) is 14.2. The number of carbonyl (C=O) groups excluding carboxylic acids is 1. The third kappa shape index (κ3) is 2.00. The van der Waals surface area contributed by atoms with Crippen LogP contribution in [0.1, 0.15) is 18.0 Å². The number of nitrogens with one attached hydrogen (secondary N) is 2. The lowest BCUT2D eigenvalue weighted by Crippen LogP contribution is -2.35. The zero-order valence-corrected chi connectivity index (χ0v) is 10.1. The number of hydrogen-bond donors (Lipinski definition) is 2. The summed E-state index contributed by atoms with van der Waals surface area (Å²) in [7, 11) is 0. The number of amides is 1. The molecule has 1 unspecified atom stereocenters. The van der Waals surface area contributed by atoms with Gasteiger partial charge in [-0.1, -0.05) is 6.07 Å². The number of fused-ring (bicyclic) bond motifs is 1. The lowest BCUT2D eigenvalue weighted by molar-refractivity contribution is -0.120. The third-order valence-electron chi connectivity index (χ3n) is 3.56. The van der Waals surface area contributed by atoms with Crippen LogP contribution in [0.4, 0.5) is 10.1 Å². The standard InChI is InChI=1S/C13H16FN3O/c14-9-2-3-10-11(8-9)16-13(18)12(10)17-6-1-4-15-5-7-17/h2-3,8,12,15H,1,4-7H2,(H,16,18). The highest BCUT2D eigenvalue weighted by atomic mass is 19.1. The fourth-order valence-corrected chi connectivity index (χ4v) is 2.70. The topological polar surface area (TPSA) is 44.4 Å². The average Bonchev–Trinajstić information content (AvgIpc) is 2.54. The van der Waals surface area contributed by atoms with Crippen molar-refractivity contribution in [1.82, 2.24) is 10.2 Å². The Morgan fingerprint density at radius 3 is 3.06 bits per heavy atom. The van der Waals surface area contributed by atoms with E-state index in [1.54, 1.807) is 6.07 Å². The van der Waals surface area contributed by atoms with Gasteiger partial charge in [-0.2, -0.15) is 0 Å². The first-order valence-corrected chi connectivity index (χ1v) is 6.31. The maximum Gasteiger partial charge on any atom is 0.246 e. The van der Waals surface area contributed by atoms with Gasteiger partial charge in [0.1, 0.15) is 11.9 Å². The summed E-state index contributed by atoms with van der Waals surface area (Å²) < 4.78 is 13.1. The van der Waals surface area contributed by atoms with Gasteiger partial charge in [-0.25, -0.2) is 4.39 Å². The molecular formula is C13H16FN3O. The molecule has 2 N–H and O–H groups in total. The van der Waals surface area contributed by atoms with E-state index in [0.717, 1.165) is 38.2 Å². The Bertz CT molecular complexity index is 469. The first-order chi connectivity index (χ1) is 8.75. The van der Waals surface area contributed by atoms with Crippen LogP contribution in [0, 0.1) is 5.82 Å². The molecule has 0 aromatic heterocycles. The summed E-state index contributed by atoms with van der Waals surface area (Å²) >= 11 is 0. The second-order valence-electron chi connectivity index (χ2n) is 4.76. The van der Waals surface area contributed by atoms with Crippen molar-refractivity contribution >= 4 is 11.6 Å². The molecule has 2 heterocycles. The van der Waals surface area contributed by atoms with E-state index >= 15 is 0 Å². The molecule has 1 aromatic rings. The highest BCUT2D eigenvalue weighted by Crippen LogP contribution is 2.35. The Hall–Kier alpha value is -1.46. The van der Waals surface area contributed by atoms with Gasteiger partial charge in [-0.15, -0.1) is 0 Å². The van der Waals surface area contributed by atoms with Crippen molar-refractivity contribution in [3.8, 4) is 0 Å².